The smallest absolute Gasteiger partial charge is 0.0736 e. The lowest BCUT2D eigenvalue weighted by atomic mass is 10.0. The number of aromatic nitrogens is 4. The fraction of sp³-hybridized carbons (Fsp3) is 0.0769. The van der Waals surface area contributed by atoms with Crippen LogP contribution in [0.5, 0.6) is 0 Å². The minimum absolute atomic E-state index is 0.872. The number of fused-ring (bicyclic) bond motifs is 8. The van der Waals surface area contributed by atoms with Gasteiger partial charge >= 0.3 is 0 Å². The van der Waals surface area contributed by atoms with Crippen molar-refractivity contribution in [2.24, 2.45) is 0 Å². The first-order valence-electron chi connectivity index (χ1n) is 10.4. The minimum Gasteiger partial charge on any atom is -0.377 e. The maximum absolute atomic E-state index is 4.94. The molecule has 0 fully saturated rings. The highest BCUT2D eigenvalue weighted by molar-refractivity contribution is 5.91. The van der Waals surface area contributed by atoms with Crippen LogP contribution in [0, 0.1) is 0 Å². The zero-order chi connectivity index (χ0) is 20.8. The van der Waals surface area contributed by atoms with E-state index in [9.17, 15) is 0 Å². The van der Waals surface area contributed by atoms with Gasteiger partial charge in [0.1, 0.15) is 0 Å². The van der Waals surface area contributed by atoms with Gasteiger partial charge in [0.05, 0.1) is 22.8 Å². The zero-order valence-corrected chi connectivity index (χ0v) is 17.1. The Hall–Kier alpha value is -4.12. The molecule has 8 bridgehead atoms. The molecule has 3 aromatic rings. The van der Waals surface area contributed by atoms with Crippen molar-refractivity contribution in [3.8, 4) is 0 Å². The van der Waals surface area contributed by atoms with E-state index in [1.54, 1.807) is 0 Å². The van der Waals surface area contributed by atoms with E-state index in [1.807, 2.05) is 12.2 Å². The van der Waals surface area contributed by atoms with Crippen molar-refractivity contribution < 1.29 is 0 Å². The normalized spacial score (nSPS) is 14.9. The third-order valence-electron chi connectivity index (χ3n) is 5.62. The van der Waals surface area contributed by atoms with E-state index in [2.05, 4.69) is 94.9 Å². The molecule has 2 N–H and O–H groups in total. The number of nitrogens with zero attached hydrogens (tertiary/aromatic N) is 3. The Morgan fingerprint density at radius 2 is 1.39 bits per heavy atom. The van der Waals surface area contributed by atoms with Crippen molar-refractivity contribution in [3.05, 3.63) is 89.2 Å². The van der Waals surface area contributed by atoms with Gasteiger partial charge in [0, 0.05) is 41.2 Å². The van der Waals surface area contributed by atoms with Gasteiger partial charge in [-0.2, -0.15) is 0 Å². The van der Waals surface area contributed by atoms with Crippen LogP contribution in [0.2, 0.25) is 0 Å². The van der Waals surface area contributed by atoms with Crippen LogP contribution in [0.15, 0.2) is 60.8 Å². The van der Waals surface area contributed by atoms with Gasteiger partial charge < -0.3 is 14.9 Å². The molecular weight excluding hydrogens is 382 g/mol. The molecule has 3 aromatic heterocycles. The average Bonchev–Trinajstić information content (AvgIpc) is 3.55. The van der Waals surface area contributed by atoms with E-state index < -0.39 is 0 Å². The molecule has 0 aromatic carbocycles. The standard InChI is InChI=1S/C26H21N5/c1-31-12-10-17(11-13-31)26-24-8-6-22(29-24)15-20-4-2-18(27-20)14-19-3-5-21(28-19)16-23-7-9-25(26)30-23/h2-12,14-16,27,30H,13H2,1H3. The summed E-state index contributed by atoms with van der Waals surface area (Å²) in [5.74, 6) is 0. The molecule has 6 heterocycles. The maximum atomic E-state index is 4.94. The molecular formula is C26H21N5. The second-order valence-electron chi connectivity index (χ2n) is 7.97. The van der Waals surface area contributed by atoms with E-state index >= 15 is 0 Å². The molecule has 0 spiro atoms. The quantitative estimate of drug-likeness (QED) is 0.389. The maximum Gasteiger partial charge on any atom is 0.0736 e. The number of hydrogen-bond acceptors (Lipinski definition) is 3. The van der Waals surface area contributed by atoms with Crippen molar-refractivity contribution in [3.63, 3.8) is 0 Å². The number of likely N-dealkylation sites (N-methyl/N-ethyl adjacent to an activating group) is 1. The van der Waals surface area contributed by atoms with Crippen LogP contribution in [-0.4, -0.2) is 38.4 Å². The third kappa shape index (κ3) is 3.40. The molecule has 6 rings (SSSR count). The van der Waals surface area contributed by atoms with Gasteiger partial charge in [-0.15, -0.1) is 0 Å². The highest BCUT2D eigenvalue weighted by Crippen LogP contribution is 2.28. The Labute approximate surface area is 179 Å². The molecule has 31 heavy (non-hydrogen) atoms. The number of allylic oxidation sites excluding steroid dienone is 2. The molecule has 0 saturated heterocycles. The summed E-state index contributed by atoms with van der Waals surface area (Å²) in [5.41, 5.74) is 10.1. The van der Waals surface area contributed by atoms with Gasteiger partial charge in [0.15, 0.2) is 0 Å². The van der Waals surface area contributed by atoms with Crippen molar-refractivity contribution in [1.82, 2.24) is 24.8 Å². The minimum atomic E-state index is 0.872. The zero-order valence-electron chi connectivity index (χ0n) is 17.1. The average molecular weight is 403 g/mol. The van der Waals surface area contributed by atoms with Crippen LogP contribution in [0.1, 0.15) is 28.3 Å². The fourth-order valence-electron chi connectivity index (χ4n) is 4.08. The van der Waals surface area contributed by atoms with Crippen molar-refractivity contribution in [1.29, 1.82) is 0 Å². The van der Waals surface area contributed by atoms with Crippen molar-refractivity contribution in [2.45, 2.75) is 0 Å². The summed E-state index contributed by atoms with van der Waals surface area (Å²) in [4.78, 5) is 18.8. The summed E-state index contributed by atoms with van der Waals surface area (Å²) in [6.07, 6.45) is 14.7. The highest BCUT2D eigenvalue weighted by Gasteiger charge is 2.13. The monoisotopic (exact) mass is 403 g/mol. The Morgan fingerprint density at radius 3 is 2.10 bits per heavy atom. The van der Waals surface area contributed by atoms with Gasteiger partial charge in [0.2, 0.25) is 0 Å². The number of nitrogens with one attached hydrogen (secondary N) is 2. The predicted octanol–water partition coefficient (Wildman–Crippen LogP) is 5.50. The number of aromatic amines is 2. The fourth-order valence-corrected chi connectivity index (χ4v) is 4.08. The van der Waals surface area contributed by atoms with Crippen LogP contribution in [-0.2, 0) is 0 Å². The molecule has 5 heteroatoms. The molecule has 0 atom stereocenters. The second-order valence-corrected chi connectivity index (χ2v) is 7.97. The molecule has 0 radical (unpaired) electrons. The topological polar surface area (TPSA) is 60.6 Å². The summed E-state index contributed by atoms with van der Waals surface area (Å²) in [7, 11) is 2.08. The summed E-state index contributed by atoms with van der Waals surface area (Å²) >= 11 is 0. The number of hydrogen-bond donors (Lipinski definition) is 2. The third-order valence-corrected chi connectivity index (χ3v) is 5.62. The number of H-pyrrole nitrogens is 2. The van der Waals surface area contributed by atoms with Gasteiger partial charge in [-0.05, 0) is 84.6 Å². The Kier molecular flexibility index (Phi) is 3.99. The van der Waals surface area contributed by atoms with Gasteiger partial charge in [0.25, 0.3) is 0 Å². The van der Waals surface area contributed by atoms with Crippen LogP contribution in [0.4, 0.5) is 0 Å². The van der Waals surface area contributed by atoms with Gasteiger partial charge in [-0.25, -0.2) is 9.97 Å². The first kappa shape index (κ1) is 17.7. The Bertz CT molecular complexity index is 1480. The first-order chi connectivity index (χ1) is 15.2. The van der Waals surface area contributed by atoms with E-state index in [0.717, 1.165) is 57.0 Å². The molecule has 150 valence electrons. The molecule has 0 unspecified atom stereocenters. The van der Waals surface area contributed by atoms with E-state index in [0.29, 0.717) is 0 Å². The lowest BCUT2D eigenvalue weighted by Gasteiger charge is -2.17. The van der Waals surface area contributed by atoms with Gasteiger partial charge in [-0.3, -0.25) is 0 Å². The summed E-state index contributed by atoms with van der Waals surface area (Å²) in [6.45, 7) is 0.872. The molecule has 3 aliphatic rings. The predicted molar refractivity (Wildman–Crippen MR) is 129 cm³/mol. The summed E-state index contributed by atoms with van der Waals surface area (Å²) in [5, 5.41) is 0. The van der Waals surface area contributed by atoms with Crippen LogP contribution in [0.25, 0.3) is 51.9 Å². The Morgan fingerprint density at radius 1 is 0.742 bits per heavy atom. The van der Waals surface area contributed by atoms with Crippen molar-refractivity contribution in [2.75, 3.05) is 13.6 Å². The molecule has 0 saturated carbocycles. The van der Waals surface area contributed by atoms with Gasteiger partial charge in [-0.1, -0.05) is 6.08 Å². The lowest BCUT2D eigenvalue weighted by molar-refractivity contribution is 0.506. The van der Waals surface area contributed by atoms with Crippen molar-refractivity contribution >= 4 is 51.9 Å². The molecule has 0 amide bonds. The molecule has 0 aliphatic carbocycles. The SMILES string of the molecule is CN1C=CC(c2c3nc(cc4ccc(cc5nc(cc6ccc2[nH]6)C=C5)[nH]4)C=C3)=CC1. The van der Waals surface area contributed by atoms with E-state index in [4.69, 9.17) is 9.97 Å². The Balaban J connectivity index is 1.68. The second kappa shape index (κ2) is 6.99. The summed E-state index contributed by atoms with van der Waals surface area (Å²) in [6, 6.07) is 14.5. The van der Waals surface area contributed by atoms with Crippen LogP contribution >= 0.6 is 0 Å². The molecule has 3 aliphatic heterocycles. The van der Waals surface area contributed by atoms with E-state index in [1.165, 1.54) is 5.57 Å². The largest absolute Gasteiger partial charge is 0.377 e. The van der Waals surface area contributed by atoms with Crippen LogP contribution in [0.3, 0.4) is 0 Å². The first-order valence-corrected chi connectivity index (χ1v) is 10.4. The summed E-state index contributed by atoms with van der Waals surface area (Å²) < 4.78 is 0. The van der Waals surface area contributed by atoms with Crippen LogP contribution < -0.4 is 0 Å². The lowest BCUT2D eigenvalue weighted by Crippen LogP contribution is -2.13. The number of rotatable bonds is 1. The highest BCUT2D eigenvalue weighted by atomic mass is 15.1. The van der Waals surface area contributed by atoms with E-state index in [-0.39, 0.29) is 0 Å². The molecule has 5 nitrogen and oxygen atoms in total.